The normalized spacial score (nSPS) is 12.5. The topological polar surface area (TPSA) is 79.2 Å². The van der Waals surface area contributed by atoms with E-state index in [1.54, 1.807) is 19.9 Å². The molecule has 0 saturated heterocycles. The molecule has 1 rings (SSSR count). The molecule has 0 amide bonds. The van der Waals surface area contributed by atoms with Crippen LogP contribution in [0.2, 0.25) is 0 Å². The monoisotopic (exact) mass is 286 g/mol. The van der Waals surface area contributed by atoms with Crippen molar-refractivity contribution in [2.45, 2.75) is 25.5 Å². The Morgan fingerprint density at radius 1 is 1.47 bits per heavy atom. The maximum Gasteiger partial charge on any atom is 0.249 e. The number of halogens is 1. The summed E-state index contributed by atoms with van der Waals surface area (Å²) in [4.78, 5) is 0. The van der Waals surface area contributed by atoms with E-state index in [9.17, 15) is 12.8 Å². The number of hydrogen-bond acceptors (Lipinski definition) is 4. The molecule has 104 valence electrons. The number of sulfonamides is 1. The third-order valence-corrected chi connectivity index (χ3v) is 4.09. The van der Waals surface area contributed by atoms with Crippen molar-refractivity contribution >= 4 is 15.7 Å². The van der Waals surface area contributed by atoms with Crippen LogP contribution in [0.3, 0.4) is 0 Å². The van der Waals surface area contributed by atoms with E-state index >= 15 is 0 Å². The molecule has 0 fully saturated rings. The molecule has 1 N–H and O–H groups in total. The van der Waals surface area contributed by atoms with Crippen LogP contribution in [0.25, 0.3) is 0 Å². The van der Waals surface area contributed by atoms with Crippen molar-refractivity contribution in [3.63, 3.8) is 0 Å². The fourth-order valence-electron chi connectivity index (χ4n) is 1.45. The number of nitrogens with zero attached hydrogens (tertiary/aromatic N) is 1. The van der Waals surface area contributed by atoms with Crippen molar-refractivity contribution < 1.29 is 17.5 Å². The van der Waals surface area contributed by atoms with E-state index in [1.807, 2.05) is 0 Å². The zero-order chi connectivity index (χ0) is 14.5. The van der Waals surface area contributed by atoms with E-state index in [2.05, 4.69) is 4.72 Å². The highest BCUT2D eigenvalue weighted by Crippen LogP contribution is 2.22. The van der Waals surface area contributed by atoms with Gasteiger partial charge in [0.05, 0.1) is 18.4 Å². The fourth-order valence-corrected chi connectivity index (χ4v) is 2.63. The third-order valence-electron chi connectivity index (χ3n) is 2.38. The fraction of sp³-hybridized carbons (Fsp3) is 0.417. The van der Waals surface area contributed by atoms with Gasteiger partial charge < -0.3 is 4.74 Å². The van der Waals surface area contributed by atoms with E-state index < -0.39 is 21.1 Å². The Morgan fingerprint density at radius 3 is 2.63 bits per heavy atom. The molecule has 1 aromatic rings. The molecule has 0 aliphatic carbocycles. The minimum atomic E-state index is -3.84. The van der Waals surface area contributed by atoms with Gasteiger partial charge in [0.15, 0.2) is 16.8 Å². The summed E-state index contributed by atoms with van der Waals surface area (Å²) in [5, 5.41) is 7.58. The number of ether oxygens (including phenoxy) is 1. The van der Waals surface area contributed by atoms with Crippen LogP contribution >= 0.6 is 0 Å². The van der Waals surface area contributed by atoms with E-state index in [0.717, 1.165) is 6.07 Å². The Balaban J connectivity index is 2.95. The summed E-state index contributed by atoms with van der Waals surface area (Å²) >= 11 is 0. The summed E-state index contributed by atoms with van der Waals surface area (Å²) < 4.78 is 44.3. The van der Waals surface area contributed by atoms with Crippen LogP contribution in [-0.2, 0) is 10.0 Å². The van der Waals surface area contributed by atoms with E-state index in [4.69, 9.17) is 10.00 Å². The molecule has 19 heavy (non-hydrogen) atoms. The van der Waals surface area contributed by atoms with Crippen molar-refractivity contribution in [3.8, 4) is 11.8 Å². The van der Waals surface area contributed by atoms with Gasteiger partial charge in [-0.3, -0.25) is 4.72 Å². The molecule has 0 radical (unpaired) electrons. The molecule has 0 aliphatic rings. The summed E-state index contributed by atoms with van der Waals surface area (Å²) in [5.41, 5.74) is 0.0645. The Morgan fingerprint density at radius 2 is 2.16 bits per heavy atom. The zero-order valence-corrected chi connectivity index (χ0v) is 11.5. The van der Waals surface area contributed by atoms with Gasteiger partial charge in [-0.25, -0.2) is 12.8 Å². The van der Waals surface area contributed by atoms with Crippen molar-refractivity contribution in [2.24, 2.45) is 0 Å². The van der Waals surface area contributed by atoms with Gasteiger partial charge in [0.2, 0.25) is 10.0 Å². The van der Waals surface area contributed by atoms with Gasteiger partial charge in [-0.05, 0) is 25.5 Å². The first-order valence-corrected chi connectivity index (χ1v) is 7.32. The maximum atomic E-state index is 13.6. The molecule has 1 aromatic carbocycles. The zero-order valence-electron chi connectivity index (χ0n) is 10.7. The van der Waals surface area contributed by atoms with Crippen LogP contribution in [0.1, 0.15) is 20.3 Å². The minimum absolute atomic E-state index is 0.0535. The van der Waals surface area contributed by atoms with E-state index in [-0.39, 0.29) is 17.9 Å². The van der Waals surface area contributed by atoms with Crippen LogP contribution in [0.15, 0.2) is 18.2 Å². The van der Waals surface area contributed by atoms with Gasteiger partial charge in [0.1, 0.15) is 0 Å². The predicted molar refractivity (Wildman–Crippen MR) is 69.8 cm³/mol. The van der Waals surface area contributed by atoms with Gasteiger partial charge in [0, 0.05) is 6.07 Å². The number of nitriles is 1. The standard InChI is InChI=1S/C12H15FN2O3S/c1-3-10(8-14)19(16,17)15-9-5-6-12(18-4-2)11(13)7-9/h5-7,10,15H,3-4H2,1-2H3. The minimum Gasteiger partial charge on any atom is -0.491 e. The second kappa shape index (κ2) is 6.38. The lowest BCUT2D eigenvalue weighted by molar-refractivity contribution is 0.321. The molecular weight excluding hydrogens is 271 g/mol. The number of nitrogens with one attached hydrogen (secondary N) is 1. The SMILES string of the molecule is CCOc1ccc(NS(=O)(=O)C(C#N)CC)cc1F. The summed E-state index contributed by atoms with van der Waals surface area (Å²) in [6, 6.07) is 5.43. The lowest BCUT2D eigenvalue weighted by Gasteiger charge is -2.12. The number of benzene rings is 1. The Labute approximate surface area is 112 Å². The molecule has 1 unspecified atom stereocenters. The number of hydrogen-bond donors (Lipinski definition) is 1. The smallest absolute Gasteiger partial charge is 0.249 e. The molecule has 0 spiro atoms. The van der Waals surface area contributed by atoms with Crippen molar-refractivity contribution in [1.82, 2.24) is 0 Å². The van der Waals surface area contributed by atoms with Gasteiger partial charge >= 0.3 is 0 Å². The van der Waals surface area contributed by atoms with Gasteiger partial charge in [-0.1, -0.05) is 6.92 Å². The quantitative estimate of drug-likeness (QED) is 0.870. The molecule has 0 saturated carbocycles. The molecular formula is C12H15FN2O3S. The predicted octanol–water partition coefficient (Wildman–Crippen LogP) is 2.27. The summed E-state index contributed by atoms with van der Waals surface area (Å²) in [6.07, 6.45) is 0.158. The van der Waals surface area contributed by atoms with Crippen LogP contribution in [0.5, 0.6) is 5.75 Å². The molecule has 5 nitrogen and oxygen atoms in total. The first-order chi connectivity index (χ1) is 8.94. The van der Waals surface area contributed by atoms with Crippen molar-refractivity contribution in [1.29, 1.82) is 5.26 Å². The number of rotatable bonds is 6. The average molecular weight is 286 g/mol. The Hall–Kier alpha value is -1.81. The highest BCUT2D eigenvalue weighted by Gasteiger charge is 2.23. The molecule has 0 heterocycles. The molecule has 0 bridgehead atoms. The van der Waals surface area contributed by atoms with Gasteiger partial charge in [-0.15, -0.1) is 0 Å². The summed E-state index contributed by atoms with van der Waals surface area (Å²) in [5.74, 6) is -0.607. The Bertz CT molecular complexity index is 581. The van der Waals surface area contributed by atoms with Gasteiger partial charge in [0.25, 0.3) is 0 Å². The lowest BCUT2D eigenvalue weighted by Crippen LogP contribution is -2.26. The molecule has 0 aliphatic heterocycles. The number of anilines is 1. The van der Waals surface area contributed by atoms with E-state index in [0.29, 0.717) is 6.61 Å². The largest absolute Gasteiger partial charge is 0.491 e. The van der Waals surface area contributed by atoms with Crippen LogP contribution in [-0.4, -0.2) is 20.3 Å². The molecule has 0 aromatic heterocycles. The Kier molecular flexibility index (Phi) is 5.12. The lowest BCUT2D eigenvalue weighted by atomic mass is 10.3. The summed E-state index contributed by atoms with van der Waals surface area (Å²) in [7, 11) is -3.84. The highest BCUT2D eigenvalue weighted by molar-refractivity contribution is 7.93. The third kappa shape index (κ3) is 3.83. The molecule has 7 heteroatoms. The van der Waals surface area contributed by atoms with Crippen molar-refractivity contribution in [3.05, 3.63) is 24.0 Å². The van der Waals surface area contributed by atoms with Crippen LogP contribution < -0.4 is 9.46 Å². The van der Waals surface area contributed by atoms with Crippen LogP contribution in [0, 0.1) is 17.1 Å². The van der Waals surface area contributed by atoms with Crippen LogP contribution in [0.4, 0.5) is 10.1 Å². The van der Waals surface area contributed by atoms with E-state index in [1.165, 1.54) is 12.1 Å². The van der Waals surface area contributed by atoms with Crippen molar-refractivity contribution in [2.75, 3.05) is 11.3 Å². The average Bonchev–Trinajstić information content (AvgIpc) is 2.33. The van der Waals surface area contributed by atoms with Gasteiger partial charge in [-0.2, -0.15) is 5.26 Å². The maximum absolute atomic E-state index is 13.6. The molecule has 1 atom stereocenters. The first-order valence-electron chi connectivity index (χ1n) is 5.78. The second-order valence-corrected chi connectivity index (χ2v) is 5.61. The highest BCUT2D eigenvalue weighted by atomic mass is 32.2. The summed E-state index contributed by atoms with van der Waals surface area (Å²) in [6.45, 7) is 3.62. The first kappa shape index (κ1) is 15.2. The second-order valence-electron chi connectivity index (χ2n) is 3.75.